The van der Waals surface area contributed by atoms with Crippen LogP contribution >= 0.6 is 11.3 Å². The van der Waals surface area contributed by atoms with Gasteiger partial charge in [0.1, 0.15) is 0 Å². The van der Waals surface area contributed by atoms with E-state index in [4.69, 9.17) is 5.73 Å². The lowest BCUT2D eigenvalue weighted by Crippen LogP contribution is -2.45. The normalized spacial score (nSPS) is 20.1. The molecule has 2 aromatic rings. The zero-order chi connectivity index (χ0) is 16.4. The Morgan fingerprint density at radius 1 is 1.26 bits per heavy atom. The van der Waals surface area contributed by atoms with E-state index >= 15 is 0 Å². The predicted octanol–water partition coefficient (Wildman–Crippen LogP) is 3.08. The Hall–Kier alpha value is -2.14. The van der Waals surface area contributed by atoms with Crippen LogP contribution in [0, 0.1) is 0 Å². The molecule has 23 heavy (non-hydrogen) atoms. The van der Waals surface area contributed by atoms with E-state index in [1.54, 1.807) is 11.3 Å². The van der Waals surface area contributed by atoms with Crippen molar-refractivity contribution in [1.82, 2.24) is 0 Å². The van der Waals surface area contributed by atoms with Crippen LogP contribution in [0.3, 0.4) is 0 Å². The highest BCUT2D eigenvalue weighted by Gasteiger charge is 2.35. The Morgan fingerprint density at radius 2 is 2.04 bits per heavy atom. The van der Waals surface area contributed by atoms with Crippen molar-refractivity contribution in [2.24, 2.45) is 5.73 Å². The van der Waals surface area contributed by atoms with Crippen molar-refractivity contribution in [3.63, 3.8) is 0 Å². The molecule has 120 valence electrons. The van der Waals surface area contributed by atoms with Crippen molar-refractivity contribution >= 4 is 28.8 Å². The van der Waals surface area contributed by atoms with Crippen LogP contribution < -0.4 is 10.6 Å². The van der Waals surface area contributed by atoms with Gasteiger partial charge in [0.05, 0.1) is 5.92 Å². The number of carbonyl (C=O) groups excluding carboxylic acids is 2. The lowest BCUT2D eigenvalue weighted by Gasteiger charge is -2.38. The van der Waals surface area contributed by atoms with Crippen LogP contribution in [0.5, 0.6) is 0 Å². The van der Waals surface area contributed by atoms with Crippen molar-refractivity contribution in [1.29, 1.82) is 0 Å². The Labute approximate surface area is 139 Å². The van der Waals surface area contributed by atoms with Gasteiger partial charge in [-0.05, 0) is 42.8 Å². The maximum atomic E-state index is 12.8. The van der Waals surface area contributed by atoms with Gasteiger partial charge in [0.25, 0.3) is 0 Å². The van der Waals surface area contributed by atoms with Crippen LogP contribution in [0.4, 0.5) is 5.69 Å². The SMILES string of the molecule is C[C@@H]1C[C@H](C(N)=O)c2ccccc2N1C(=O)CCc1cccs1. The van der Waals surface area contributed by atoms with Gasteiger partial charge in [-0.2, -0.15) is 0 Å². The molecule has 0 spiro atoms. The highest BCUT2D eigenvalue weighted by Crippen LogP contribution is 2.38. The molecule has 0 radical (unpaired) electrons. The van der Waals surface area contributed by atoms with Gasteiger partial charge >= 0.3 is 0 Å². The van der Waals surface area contributed by atoms with Crippen molar-refractivity contribution < 1.29 is 9.59 Å². The van der Waals surface area contributed by atoms with E-state index in [-0.39, 0.29) is 23.8 Å². The minimum Gasteiger partial charge on any atom is -0.369 e. The number of thiophene rings is 1. The first-order valence-electron chi connectivity index (χ1n) is 7.80. The first-order valence-corrected chi connectivity index (χ1v) is 8.68. The summed E-state index contributed by atoms with van der Waals surface area (Å²) >= 11 is 1.67. The number of hydrogen-bond donors (Lipinski definition) is 1. The fourth-order valence-corrected chi connectivity index (χ4v) is 3.98. The molecule has 2 heterocycles. The molecule has 1 aromatic carbocycles. The third-order valence-corrected chi connectivity index (χ3v) is 5.30. The van der Waals surface area contributed by atoms with E-state index in [1.165, 1.54) is 4.88 Å². The third-order valence-electron chi connectivity index (χ3n) is 4.37. The van der Waals surface area contributed by atoms with E-state index in [2.05, 4.69) is 6.07 Å². The Bertz CT molecular complexity index is 712. The largest absolute Gasteiger partial charge is 0.369 e. The van der Waals surface area contributed by atoms with E-state index in [0.29, 0.717) is 12.8 Å². The molecule has 0 saturated heterocycles. The van der Waals surface area contributed by atoms with Crippen LogP contribution in [0.15, 0.2) is 41.8 Å². The number of nitrogens with two attached hydrogens (primary N) is 1. The molecule has 0 aliphatic carbocycles. The lowest BCUT2D eigenvalue weighted by atomic mass is 9.85. The van der Waals surface area contributed by atoms with Gasteiger partial charge in [-0.25, -0.2) is 0 Å². The number of nitrogens with zero attached hydrogens (tertiary/aromatic N) is 1. The number of hydrogen-bond acceptors (Lipinski definition) is 3. The Balaban J connectivity index is 1.84. The monoisotopic (exact) mass is 328 g/mol. The van der Waals surface area contributed by atoms with E-state index < -0.39 is 0 Å². The number of aryl methyl sites for hydroxylation is 1. The van der Waals surface area contributed by atoms with Crippen molar-refractivity contribution in [2.45, 2.75) is 38.1 Å². The van der Waals surface area contributed by atoms with Gasteiger partial charge in [0, 0.05) is 23.0 Å². The van der Waals surface area contributed by atoms with Crippen molar-refractivity contribution in [3.05, 3.63) is 52.2 Å². The zero-order valence-corrected chi connectivity index (χ0v) is 13.9. The summed E-state index contributed by atoms with van der Waals surface area (Å²) in [7, 11) is 0. The van der Waals surface area contributed by atoms with Gasteiger partial charge in [-0.3, -0.25) is 9.59 Å². The van der Waals surface area contributed by atoms with Crippen LogP contribution in [0.25, 0.3) is 0 Å². The predicted molar refractivity (Wildman–Crippen MR) is 92.6 cm³/mol. The van der Waals surface area contributed by atoms with Gasteiger partial charge in [-0.1, -0.05) is 24.3 Å². The molecule has 3 rings (SSSR count). The Kier molecular flexibility index (Phi) is 4.48. The second-order valence-corrected chi connectivity index (χ2v) is 6.97. The number of anilines is 1. The molecule has 2 amide bonds. The summed E-state index contributed by atoms with van der Waals surface area (Å²) in [6.45, 7) is 1.98. The number of primary amides is 1. The summed E-state index contributed by atoms with van der Waals surface area (Å²) < 4.78 is 0. The first kappa shape index (κ1) is 15.7. The first-order chi connectivity index (χ1) is 11.1. The molecular weight excluding hydrogens is 308 g/mol. The number of carbonyl (C=O) groups is 2. The molecule has 0 bridgehead atoms. The molecule has 2 atom stereocenters. The second-order valence-electron chi connectivity index (χ2n) is 5.94. The Morgan fingerprint density at radius 3 is 2.74 bits per heavy atom. The molecule has 4 nitrogen and oxygen atoms in total. The highest BCUT2D eigenvalue weighted by molar-refractivity contribution is 7.09. The number of fused-ring (bicyclic) bond motifs is 1. The van der Waals surface area contributed by atoms with Crippen molar-refractivity contribution in [3.8, 4) is 0 Å². The second kappa shape index (κ2) is 6.54. The van der Waals surface area contributed by atoms with Gasteiger partial charge in [-0.15, -0.1) is 11.3 Å². The molecule has 0 unspecified atom stereocenters. The zero-order valence-electron chi connectivity index (χ0n) is 13.1. The van der Waals surface area contributed by atoms with Crippen LogP contribution in [-0.4, -0.2) is 17.9 Å². The molecule has 2 N–H and O–H groups in total. The molecule has 1 aliphatic heterocycles. The summed E-state index contributed by atoms with van der Waals surface area (Å²) in [6, 6.07) is 11.6. The van der Waals surface area contributed by atoms with Crippen molar-refractivity contribution in [2.75, 3.05) is 4.90 Å². The summed E-state index contributed by atoms with van der Waals surface area (Å²) in [4.78, 5) is 27.5. The molecule has 1 aliphatic rings. The van der Waals surface area contributed by atoms with Gasteiger partial charge < -0.3 is 10.6 Å². The minimum absolute atomic E-state index is 0.0294. The number of amides is 2. The maximum Gasteiger partial charge on any atom is 0.227 e. The molecule has 5 heteroatoms. The van der Waals surface area contributed by atoms with E-state index in [9.17, 15) is 9.59 Å². The smallest absolute Gasteiger partial charge is 0.227 e. The van der Waals surface area contributed by atoms with E-state index in [1.807, 2.05) is 47.5 Å². The van der Waals surface area contributed by atoms with Crippen LogP contribution in [-0.2, 0) is 16.0 Å². The third kappa shape index (κ3) is 3.15. The summed E-state index contributed by atoms with van der Waals surface area (Å²) in [5.41, 5.74) is 7.24. The minimum atomic E-state index is -0.324. The fourth-order valence-electron chi connectivity index (χ4n) is 3.27. The van der Waals surface area contributed by atoms with Gasteiger partial charge in [0.2, 0.25) is 11.8 Å². The number of benzene rings is 1. The quantitative estimate of drug-likeness (QED) is 0.937. The van der Waals surface area contributed by atoms with Crippen LogP contribution in [0.1, 0.15) is 36.1 Å². The molecule has 0 fully saturated rings. The number of para-hydroxylation sites is 1. The molecular formula is C18H20N2O2S. The summed E-state index contributed by atoms with van der Waals surface area (Å²) in [5.74, 6) is -0.543. The number of rotatable bonds is 4. The summed E-state index contributed by atoms with van der Waals surface area (Å²) in [5, 5.41) is 2.02. The summed E-state index contributed by atoms with van der Waals surface area (Å²) in [6.07, 6.45) is 1.80. The van der Waals surface area contributed by atoms with Crippen LogP contribution in [0.2, 0.25) is 0 Å². The average Bonchev–Trinajstić information content (AvgIpc) is 3.05. The topological polar surface area (TPSA) is 63.4 Å². The maximum absolute atomic E-state index is 12.8. The van der Waals surface area contributed by atoms with E-state index in [0.717, 1.165) is 17.7 Å². The molecule has 0 saturated carbocycles. The van der Waals surface area contributed by atoms with Gasteiger partial charge in [0.15, 0.2) is 0 Å². The molecule has 1 aromatic heterocycles. The lowest BCUT2D eigenvalue weighted by molar-refractivity contribution is -0.121. The highest BCUT2D eigenvalue weighted by atomic mass is 32.1. The fraction of sp³-hybridized carbons (Fsp3) is 0.333. The average molecular weight is 328 g/mol. The standard InChI is InChI=1S/C18H20N2O2S/c1-12-11-15(18(19)22)14-6-2-3-7-16(14)20(12)17(21)9-8-13-5-4-10-23-13/h2-7,10,12,15H,8-9,11H2,1H3,(H2,19,22)/t12-,15+/m1/s1.